The number of aryl methyl sites for hydroxylation is 2. The molecule has 0 spiro atoms. The molecule has 0 saturated carbocycles. The van der Waals surface area contributed by atoms with Crippen LogP contribution in [0.2, 0.25) is 0 Å². The molecule has 0 unspecified atom stereocenters. The monoisotopic (exact) mass is 175 g/mol. The number of carbonyl (C=O) groups is 1. The van der Waals surface area contributed by atoms with E-state index in [-0.39, 0.29) is 0 Å². The number of amides is 1. The van der Waals surface area contributed by atoms with Crippen LogP contribution in [0, 0.1) is 6.92 Å². The van der Waals surface area contributed by atoms with Gasteiger partial charge in [0.1, 0.15) is 0 Å². The maximum Gasteiger partial charge on any atom is 0.214 e. The summed E-state index contributed by atoms with van der Waals surface area (Å²) in [6.45, 7) is 2.94. The first-order valence-corrected chi connectivity index (χ1v) is 4.63. The molecule has 2 heteroatoms. The lowest BCUT2D eigenvalue weighted by atomic mass is 10.0. The molecule has 0 radical (unpaired) electrons. The van der Waals surface area contributed by atoms with Crippen molar-refractivity contribution in [3.63, 3.8) is 0 Å². The van der Waals surface area contributed by atoms with Crippen LogP contribution < -0.4 is 4.90 Å². The van der Waals surface area contributed by atoms with Gasteiger partial charge in [-0.3, -0.25) is 4.79 Å². The lowest BCUT2D eigenvalue weighted by Crippen LogP contribution is -2.27. The Morgan fingerprint density at radius 2 is 2.31 bits per heavy atom. The Labute approximate surface area is 78.2 Å². The van der Waals surface area contributed by atoms with Crippen LogP contribution in [0.15, 0.2) is 18.2 Å². The molecule has 1 aliphatic heterocycles. The van der Waals surface area contributed by atoms with E-state index < -0.39 is 0 Å². The van der Waals surface area contributed by atoms with E-state index in [2.05, 4.69) is 19.1 Å². The average Bonchev–Trinajstić information content (AvgIpc) is 2.16. The first kappa shape index (κ1) is 8.30. The molecular formula is C11H13NO. The lowest BCUT2D eigenvalue weighted by molar-refractivity contribution is -0.107. The summed E-state index contributed by atoms with van der Waals surface area (Å²) in [4.78, 5) is 12.5. The van der Waals surface area contributed by atoms with Crippen LogP contribution in [0.25, 0.3) is 0 Å². The Morgan fingerprint density at radius 3 is 3.08 bits per heavy atom. The average molecular weight is 175 g/mol. The van der Waals surface area contributed by atoms with Gasteiger partial charge >= 0.3 is 0 Å². The molecule has 1 amide bonds. The molecule has 68 valence electrons. The molecule has 0 atom stereocenters. The zero-order valence-corrected chi connectivity index (χ0v) is 7.79. The highest BCUT2D eigenvalue weighted by molar-refractivity contribution is 5.78. The third-order valence-electron chi connectivity index (χ3n) is 2.52. The molecule has 2 rings (SSSR count). The first-order valence-electron chi connectivity index (χ1n) is 4.63. The van der Waals surface area contributed by atoms with Crippen molar-refractivity contribution in [1.29, 1.82) is 0 Å². The molecular weight excluding hydrogens is 162 g/mol. The normalized spacial score (nSPS) is 15.3. The Hall–Kier alpha value is -1.31. The van der Waals surface area contributed by atoms with Gasteiger partial charge in [0, 0.05) is 12.2 Å². The first-order chi connectivity index (χ1) is 6.31. The van der Waals surface area contributed by atoms with Crippen LogP contribution in [0.4, 0.5) is 5.69 Å². The number of benzene rings is 1. The number of hydrogen-bond donors (Lipinski definition) is 0. The van der Waals surface area contributed by atoms with Gasteiger partial charge in [-0.1, -0.05) is 17.7 Å². The fourth-order valence-electron chi connectivity index (χ4n) is 1.86. The minimum absolute atomic E-state index is 0.861. The van der Waals surface area contributed by atoms with Gasteiger partial charge in [-0.15, -0.1) is 0 Å². The largest absolute Gasteiger partial charge is 0.315 e. The summed E-state index contributed by atoms with van der Waals surface area (Å²) in [5, 5.41) is 0. The quantitative estimate of drug-likeness (QED) is 0.597. The molecule has 0 bridgehead atoms. The highest BCUT2D eigenvalue weighted by atomic mass is 16.1. The molecule has 0 aromatic heterocycles. The molecule has 1 aliphatic rings. The van der Waals surface area contributed by atoms with Crippen molar-refractivity contribution in [2.75, 3.05) is 11.4 Å². The van der Waals surface area contributed by atoms with Gasteiger partial charge < -0.3 is 4.90 Å². The van der Waals surface area contributed by atoms with E-state index in [9.17, 15) is 4.79 Å². The van der Waals surface area contributed by atoms with Gasteiger partial charge in [-0.05, 0) is 31.4 Å². The van der Waals surface area contributed by atoms with E-state index in [1.807, 2.05) is 6.07 Å². The van der Waals surface area contributed by atoms with Crippen molar-refractivity contribution < 1.29 is 4.79 Å². The van der Waals surface area contributed by atoms with Crippen LogP contribution >= 0.6 is 0 Å². The molecule has 0 fully saturated rings. The number of fused-ring (bicyclic) bond motifs is 1. The minimum atomic E-state index is 0.861. The number of anilines is 1. The van der Waals surface area contributed by atoms with E-state index in [4.69, 9.17) is 0 Å². The second-order valence-corrected chi connectivity index (χ2v) is 3.53. The van der Waals surface area contributed by atoms with Crippen LogP contribution in [0.3, 0.4) is 0 Å². The topological polar surface area (TPSA) is 20.3 Å². The second-order valence-electron chi connectivity index (χ2n) is 3.53. The van der Waals surface area contributed by atoms with Crippen LogP contribution in [-0.4, -0.2) is 13.0 Å². The maximum atomic E-state index is 10.7. The van der Waals surface area contributed by atoms with Gasteiger partial charge in [-0.25, -0.2) is 0 Å². The van der Waals surface area contributed by atoms with E-state index >= 15 is 0 Å². The third kappa shape index (κ3) is 1.44. The fourth-order valence-corrected chi connectivity index (χ4v) is 1.86. The zero-order valence-electron chi connectivity index (χ0n) is 7.79. The highest BCUT2D eigenvalue weighted by Gasteiger charge is 2.15. The van der Waals surface area contributed by atoms with E-state index in [1.54, 1.807) is 4.90 Å². The number of carbonyl (C=O) groups excluding carboxylic acids is 1. The van der Waals surface area contributed by atoms with Gasteiger partial charge in [0.05, 0.1) is 0 Å². The zero-order chi connectivity index (χ0) is 9.26. The van der Waals surface area contributed by atoms with Crippen LogP contribution in [0.5, 0.6) is 0 Å². The minimum Gasteiger partial charge on any atom is -0.315 e. The van der Waals surface area contributed by atoms with E-state index in [1.165, 1.54) is 11.1 Å². The number of hydrogen-bond acceptors (Lipinski definition) is 1. The second kappa shape index (κ2) is 3.21. The van der Waals surface area contributed by atoms with Crippen molar-refractivity contribution in [3.8, 4) is 0 Å². The molecule has 1 aromatic carbocycles. The maximum absolute atomic E-state index is 10.7. The van der Waals surface area contributed by atoms with Crippen LogP contribution in [-0.2, 0) is 11.2 Å². The molecule has 13 heavy (non-hydrogen) atoms. The third-order valence-corrected chi connectivity index (χ3v) is 2.52. The summed E-state index contributed by atoms with van der Waals surface area (Å²) >= 11 is 0. The summed E-state index contributed by atoms with van der Waals surface area (Å²) in [5.74, 6) is 0. The van der Waals surface area contributed by atoms with Crippen molar-refractivity contribution in [2.24, 2.45) is 0 Å². The predicted molar refractivity (Wildman–Crippen MR) is 52.9 cm³/mol. The Kier molecular flexibility index (Phi) is 2.05. The molecule has 2 nitrogen and oxygen atoms in total. The van der Waals surface area contributed by atoms with Gasteiger partial charge in [-0.2, -0.15) is 0 Å². The van der Waals surface area contributed by atoms with Gasteiger partial charge in [0.2, 0.25) is 6.41 Å². The van der Waals surface area contributed by atoms with Gasteiger partial charge in [0.25, 0.3) is 0 Å². The molecule has 0 saturated heterocycles. The Bertz CT molecular complexity index is 333. The highest BCUT2D eigenvalue weighted by Crippen LogP contribution is 2.26. The number of rotatable bonds is 1. The van der Waals surface area contributed by atoms with Crippen molar-refractivity contribution in [1.82, 2.24) is 0 Å². The number of nitrogens with zero attached hydrogens (tertiary/aromatic N) is 1. The summed E-state index contributed by atoms with van der Waals surface area (Å²) < 4.78 is 0. The summed E-state index contributed by atoms with van der Waals surface area (Å²) in [6, 6.07) is 6.27. The molecule has 0 N–H and O–H groups in total. The smallest absolute Gasteiger partial charge is 0.214 e. The van der Waals surface area contributed by atoms with Crippen molar-refractivity contribution in [3.05, 3.63) is 29.3 Å². The molecule has 0 aliphatic carbocycles. The fraction of sp³-hybridized carbons (Fsp3) is 0.364. The SMILES string of the molecule is Cc1ccc2c(c1)CCCN2C=O. The standard InChI is InChI=1S/C11H13NO/c1-9-4-5-11-10(7-9)3-2-6-12(11)8-13/h4-5,7-8H,2-3,6H2,1H3. The predicted octanol–water partition coefficient (Wildman–Crippen LogP) is 1.90. The lowest BCUT2D eigenvalue weighted by Gasteiger charge is -2.25. The molecule has 1 aromatic rings. The van der Waals surface area contributed by atoms with E-state index in [0.29, 0.717) is 0 Å². The Balaban J connectivity index is 2.45. The summed E-state index contributed by atoms with van der Waals surface area (Å²) in [7, 11) is 0. The van der Waals surface area contributed by atoms with Crippen LogP contribution in [0.1, 0.15) is 17.5 Å². The molecule has 1 heterocycles. The van der Waals surface area contributed by atoms with Crippen molar-refractivity contribution >= 4 is 12.1 Å². The summed E-state index contributed by atoms with van der Waals surface area (Å²) in [6.07, 6.45) is 3.10. The van der Waals surface area contributed by atoms with Gasteiger partial charge in [0.15, 0.2) is 0 Å². The van der Waals surface area contributed by atoms with E-state index in [0.717, 1.165) is 31.5 Å². The Morgan fingerprint density at radius 1 is 1.46 bits per heavy atom. The summed E-state index contributed by atoms with van der Waals surface area (Å²) in [5.41, 5.74) is 3.66. The van der Waals surface area contributed by atoms with Crippen molar-refractivity contribution in [2.45, 2.75) is 19.8 Å².